The number of carbonyl (C=O) groups excluding carboxylic acids is 1. The van der Waals surface area contributed by atoms with Gasteiger partial charge in [0.1, 0.15) is 0 Å². The molecule has 0 aliphatic rings. The fraction of sp³-hybridized carbons (Fsp3) is 0.263. The lowest BCUT2D eigenvalue weighted by molar-refractivity contribution is -0.116. The zero-order chi connectivity index (χ0) is 17.1. The van der Waals surface area contributed by atoms with E-state index < -0.39 is 0 Å². The predicted molar refractivity (Wildman–Crippen MR) is 99.9 cm³/mol. The van der Waals surface area contributed by atoms with Crippen molar-refractivity contribution in [1.29, 1.82) is 0 Å². The van der Waals surface area contributed by atoms with Crippen LogP contribution in [0, 0.1) is 13.8 Å². The molecule has 3 rings (SSSR count). The summed E-state index contributed by atoms with van der Waals surface area (Å²) >= 11 is 1.46. The minimum atomic E-state index is -0.0159. The maximum Gasteiger partial charge on any atom is 0.268 e. The number of anilines is 1. The third-order valence-corrected chi connectivity index (χ3v) is 5.32. The summed E-state index contributed by atoms with van der Waals surface area (Å²) in [7, 11) is 0. The van der Waals surface area contributed by atoms with E-state index in [0.717, 1.165) is 26.9 Å². The van der Waals surface area contributed by atoms with Gasteiger partial charge in [-0.2, -0.15) is 0 Å². The van der Waals surface area contributed by atoms with Crippen molar-refractivity contribution < 1.29 is 4.79 Å². The summed E-state index contributed by atoms with van der Waals surface area (Å²) in [5, 5.41) is 3.71. The molecule has 0 saturated carbocycles. The lowest BCUT2D eigenvalue weighted by atomic mass is 10.1. The van der Waals surface area contributed by atoms with Gasteiger partial charge in [-0.05, 0) is 49.6 Å². The molecule has 0 fully saturated rings. The number of aryl methyl sites for hydroxylation is 2. The average molecular weight is 340 g/mol. The Kier molecular flexibility index (Phi) is 4.81. The van der Waals surface area contributed by atoms with Gasteiger partial charge in [-0.15, -0.1) is 0 Å². The van der Waals surface area contributed by atoms with E-state index in [9.17, 15) is 9.59 Å². The molecular formula is C19H20N2O2S. The van der Waals surface area contributed by atoms with Gasteiger partial charge in [-0.1, -0.05) is 35.8 Å². The quantitative estimate of drug-likeness (QED) is 0.760. The molecule has 0 aliphatic carbocycles. The summed E-state index contributed by atoms with van der Waals surface area (Å²) < 4.78 is 2.72. The molecule has 124 valence electrons. The highest BCUT2D eigenvalue weighted by atomic mass is 32.1. The van der Waals surface area contributed by atoms with Gasteiger partial charge in [0, 0.05) is 18.7 Å². The van der Waals surface area contributed by atoms with Gasteiger partial charge >= 0.3 is 0 Å². The smallest absolute Gasteiger partial charge is 0.268 e. The van der Waals surface area contributed by atoms with Crippen molar-refractivity contribution >= 4 is 33.2 Å². The van der Waals surface area contributed by atoms with Crippen molar-refractivity contribution in [2.45, 2.75) is 33.2 Å². The predicted octanol–water partition coefficient (Wildman–Crippen LogP) is 4.10. The Balaban J connectivity index is 1.59. The van der Waals surface area contributed by atoms with Crippen LogP contribution in [0.1, 0.15) is 24.0 Å². The number of nitrogens with one attached hydrogen (secondary N) is 1. The minimum absolute atomic E-state index is 0.0159. The van der Waals surface area contributed by atoms with Crippen LogP contribution in [-0.4, -0.2) is 9.86 Å². The summed E-state index contributed by atoms with van der Waals surface area (Å²) in [5.41, 5.74) is 3.14. The fourth-order valence-corrected chi connectivity index (χ4v) is 3.68. The molecule has 0 atom stereocenters. The number of hydrogen-bond acceptors (Lipinski definition) is 3. The second-order valence-corrected chi connectivity index (χ2v) is 6.96. The number of carbonyl (C=O) groups is 1. The summed E-state index contributed by atoms with van der Waals surface area (Å²) in [6.07, 6.45) is 1.04. The summed E-state index contributed by atoms with van der Waals surface area (Å²) in [6.45, 7) is 4.60. The number of amides is 1. The van der Waals surface area contributed by atoms with E-state index in [-0.39, 0.29) is 11.5 Å². The van der Waals surface area contributed by atoms with Crippen molar-refractivity contribution in [2.24, 2.45) is 0 Å². The van der Waals surface area contributed by atoms with Crippen molar-refractivity contribution in [2.75, 3.05) is 5.32 Å². The first kappa shape index (κ1) is 16.5. The van der Waals surface area contributed by atoms with Crippen LogP contribution in [0.3, 0.4) is 0 Å². The molecule has 0 radical (unpaired) electrons. The SMILES string of the molecule is Cc1cccc(NC(=O)CCCn2sc3ccccc3c2=O)c1C. The molecule has 1 N–H and O–H groups in total. The molecule has 3 aromatic rings. The molecule has 2 aromatic carbocycles. The fourth-order valence-electron chi connectivity index (χ4n) is 2.65. The molecule has 4 nitrogen and oxygen atoms in total. The number of fused-ring (bicyclic) bond motifs is 1. The van der Waals surface area contributed by atoms with Crippen molar-refractivity contribution in [3.8, 4) is 0 Å². The van der Waals surface area contributed by atoms with E-state index in [4.69, 9.17) is 0 Å². The first-order valence-electron chi connectivity index (χ1n) is 8.01. The molecule has 0 unspecified atom stereocenters. The Bertz CT molecular complexity index is 940. The lowest BCUT2D eigenvalue weighted by Crippen LogP contribution is -2.16. The molecule has 1 heterocycles. The lowest BCUT2D eigenvalue weighted by Gasteiger charge is -2.10. The van der Waals surface area contributed by atoms with Gasteiger partial charge in [-0.3, -0.25) is 13.5 Å². The summed E-state index contributed by atoms with van der Waals surface area (Å²) in [5.74, 6) is -0.0159. The Labute approximate surface area is 144 Å². The molecule has 0 spiro atoms. The molecule has 5 heteroatoms. The molecule has 1 aromatic heterocycles. The van der Waals surface area contributed by atoms with Gasteiger partial charge in [-0.25, -0.2) is 0 Å². The van der Waals surface area contributed by atoms with Crippen LogP contribution in [0.5, 0.6) is 0 Å². The minimum Gasteiger partial charge on any atom is -0.326 e. The second-order valence-electron chi connectivity index (χ2n) is 5.89. The third kappa shape index (κ3) is 3.41. The molecule has 0 saturated heterocycles. The van der Waals surface area contributed by atoms with Crippen molar-refractivity contribution in [1.82, 2.24) is 3.96 Å². The zero-order valence-corrected chi connectivity index (χ0v) is 14.7. The number of aromatic nitrogens is 1. The molecule has 0 aliphatic heterocycles. The van der Waals surface area contributed by atoms with Gasteiger partial charge < -0.3 is 5.32 Å². The third-order valence-electron chi connectivity index (χ3n) is 4.20. The van der Waals surface area contributed by atoms with Crippen molar-refractivity contribution in [3.63, 3.8) is 0 Å². The first-order valence-corrected chi connectivity index (χ1v) is 8.78. The average Bonchev–Trinajstić information content (AvgIpc) is 2.89. The number of hydrogen-bond donors (Lipinski definition) is 1. The van der Waals surface area contributed by atoms with Crippen LogP contribution >= 0.6 is 11.5 Å². The molecule has 0 bridgehead atoms. The van der Waals surface area contributed by atoms with E-state index in [1.165, 1.54) is 11.5 Å². The van der Waals surface area contributed by atoms with Crippen LogP contribution < -0.4 is 10.9 Å². The van der Waals surface area contributed by atoms with Crippen molar-refractivity contribution in [3.05, 3.63) is 63.9 Å². The number of nitrogens with zero attached hydrogens (tertiary/aromatic N) is 1. The van der Waals surface area contributed by atoms with E-state index >= 15 is 0 Å². The standard InChI is InChI=1S/C19H20N2O2S/c1-13-7-5-9-16(14(13)2)20-18(22)11-6-12-21-19(23)15-8-3-4-10-17(15)24-21/h3-5,7-10H,6,11-12H2,1-2H3,(H,20,22). The Morgan fingerprint density at radius 3 is 2.71 bits per heavy atom. The van der Waals surface area contributed by atoms with E-state index in [2.05, 4.69) is 5.32 Å². The number of benzene rings is 2. The van der Waals surface area contributed by atoms with E-state index in [0.29, 0.717) is 19.4 Å². The number of rotatable bonds is 5. The van der Waals surface area contributed by atoms with Crippen LogP contribution in [0.4, 0.5) is 5.69 Å². The molecule has 24 heavy (non-hydrogen) atoms. The van der Waals surface area contributed by atoms with Gasteiger partial charge in [0.05, 0.1) is 10.1 Å². The highest BCUT2D eigenvalue weighted by Gasteiger charge is 2.09. The maximum atomic E-state index is 12.3. The second kappa shape index (κ2) is 7.01. The topological polar surface area (TPSA) is 51.1 Å². The van der Waals surface area contributed by atoms with Crippen LogP contribution in [0.15, 0.2) is 47.3 Å². The van der Waals surface area contributed by atoms with E-state index in [1.54, 1.807) is 3.96 Å². The highest BCUT2D eigenvalue weighted by molar-refractivity contribution is 7.13. The molecule has 1 amide bonds. The zero-order valence-electron chi connectivity index (χ0n) is 13.8. The maximum absolute atomic E-state index is 12.3. The van der Waals surface area contributed by atoms with Crippen LogP contribution in [-0.2, 0) is 11.3 Å². The molecular weight excluding hydrogens is 320 g/mol. The van der Waals surface area contributed by atoms with Crippen LogP contribution in [0.2, 0.25) is 0 Å². The Morgan fingerprint density at radius 2 is 1.92 bits per heavy atom. The van der Waals surface area contributed by atoms with Gasteiger partial charge in [0.15, 0.2) is 0 Å². The normalized spacial score (nSPS) is 10.9. The Morgan fingerprint density at radius 1 is 1.12 bits per heavy atom. The van der Waals surface area contributed by atoms with Gasteiger partial charge in [0.2, 0.25) is 5.91 Å². The first-order chi connectivity index (χ1) is 11.6. The largest absolute Gasteiger partial charge is 0.326 e. The monoisotopic (exact) mass is 340 g/mol. The summed E-state index contributed by atoms with van der Waals surface area (Å²) in [6, 6.07) is 13.5. The van der Waals surface area contributed by atoms with Crippen LogP contribution in [0.25, 0.3) is 10.1 Å². The Hall–Kier alpha value is -2.40. The highest BCUT2D eigenvalue weighted by Crippen LogP contribution is 2.19. The van der Waals surface area contributed by atoms with Gasteiger partial charge in [0.25, 0.3) is 5.56 Å². The summed E-state index contributed by atoms with van der Waals surface area (Å²) in [4.78, 5) is 24.4. The van der Waals surface area contributed by atoms with E-state index in [1.807, 2.05) is 56.3 Å².